The van der Waals surface area contributed by atoms with E-state index in [2.05, 4.69) is 17.4 Å². The molecule has 4 heteroatoms. The van der Waals surface area contributed by atoms with Crippen LogP contribution in [0.15, 0.2) is 54.6 Å². The fourth-order valence-corrected chi connectivity index (χ4v) is 3.44. The van der Waals surface area contributed by atoms with Crippen LogP contribution in [-0.2, 0) is 16.0 Å². The number of rotatable bonds is 10. The summed E-state index contributed by atoms with van der Waals surface area (Å²) in [4.78, 5) is 23.0. The minimum absolute atomic E-state index is 0.0188. The number of ketones is 1. The maximum atomic E-state index is 11.8. The molecule has 2 aromatic rings. The minimum Gasteiger partial charge on any atom is -0.461 e. The predicted octanol–water partition coefficient (Wildman–Crippen LogP) is 4.65. The first-order valence-electron chi connectivity index (χ1n) is 9.73. The third-order valence-corrected chi connectivity index (χ3v) is 5.10. The van der Waals surface area contributed by atoms with E-state index in [4.69, 9.17) is 4.74 Å². The first-order chi connectivity index (χ1) is 13.1. The number of benzene rings is 2. The molecular weight excluding hydrogens is 338 g/mol. The van der Waals surface area contributed by atoms with Crippen molar-refractivity contribution in [1.82, 2.24) is 0 Å². The Morgan fingerprint density at radius 2 is 1.74 bits per heavy atom. The highest BCUT2D eigenvalue weighted by atomic mass is 16.6. The average molecular weight is 365 g/mol. The molecule has 27 heavy (non-hydrogen) atoms. The highest BCUT2D eigenvalue weighted by molar-refractivity contribution is 5.94. The molecule has 4 nitrogen and oxygen atoms in total. The van der Waals surface area contributed by atoms with E-state index < -0.39 is 0 Å². The Labute approximate surface area is 160 Å². The number of Topliss-reactive ketones (excluding diaryl/α,β-unsaturated/α-hetero) is 1. The van der Waals surface area contributed by atoms with Crippen molar-refractivity contribution < 1.29 is 14.3 Å². The average Bonchev–Trinajstić information content (AvgIpc) is 2.69. The SMILES string of the molecule is CC(=O)c1ccc(NCCCCC[C@@H]2OC(=O)[C@H]2Cc2ccccc2)cc1. The highest BCUT2D eigenvalue weighted by Gasteiger charge is 2.41. The topological polar surface area (TPSA) is 55.4 Å². The molecule has 3 rings (SSSR count). The van der Waals surface area contributed by atoms with Crippen LogP contribution >= 0.6 is 0 Å². The molecule has 1 fully saturated rings. The van der Waals surface area contributed by atoms with Crippen LogP contribution in [-0.4, -0.2) is 24.4 Å². The van der Waals surface area contributed by atoms with Crippen LogP contribution in [0.2, 0.25) is 0 Å². The Hall–Kier alpha value is -2.62. The zero-order chi connectivity index (χ0) is 19.1. The van der Waals surface area contributed by atoms with Gasteiger partial charge in [-0.2, -0.15) is 0 Å². The molecule has 1 aliphatic rings. The maximum Gasteiger partial charge on any atom is 0.313 e. The summed E-state index contributed by atoms with van der Waals surface area (Å²) < 4.78 is 5.35. The molecule has 2 atom stereocenters. The lowest BCUT2D eigenvalue weighted by atomic mass is 9.87. The van der Waals surface area contributed by atoms with Gasteiger partial charge in [0.05, 0.1) is 5.92 Å². The van der Waals surface area contributed by atoms with Crippen molar-refractivity contribution in [2.45, 2.75) is 45.1 Å². The van der Waals surface area contributed by atoms with Gasteiger partial charge >= 0.3 is 5.97 Å². The quantitative estimate of drug-likeness (QED) is 0.378. The molecule has 2 aromatic carbocycles. The summed E-state index contributed by atoms with van der Waals surface area (Å²) in [6.07, 6.45) is 5.03. The molecule has 1 saturated heterocycles. The molecule has 0 aromatic heterocycles. The second kappa shape index (κ2) is 9.36. The van der Waals surface area contributed by atoms with Crippen molar-refractivity contribution in [2.24, 2.45) is 5.92 Å². The van der Waals surface area contributed by atoms with Gasteiger partial charge in [0, 0.05) is 17.8 Å². The number of ether oxygens (including phenoxy) is 1. The van der Waals surface area contributed by atoms with E-state index in [0.29, 0.717) is 0 Å². The Morgan fingerprint density at radius 3 is 2.41 bits per heavy atom. The molecule has 1 heterocycles. The lowest BCUT2D eigenvalue weighted by Gasteiger charge is -2.35. The monoisotopic (exact) mass is 365 g/mol. The second-order valence-electron chi connectivity index (χ2n) is 7.18. The van der Waals surface area contributed by atoms with Gasteiger partial charge in [-0.25, -0.2) is 0 Å². The van der Waals surface area contributed by atoms with Gasteiger partial charge in [0.1, 0.15) is 6.10 Å². The lowest BCUT2D eigenvalue weighted by Crippen LogP contribution is -2.46. The maximum absolute atomic E-state index is 11.8. The number of hydrogen-bond acceptors (Lipinski definition) is 4. The number of anilines is 1. The van der Waals surface area contributed by atoms with Gasteiger partial charge in [0.15, 0.2) is 5.78 Å². The highest BCUT2D eigenvalue weighted by Crippen LogP contribution is 2.30. The van der Waals surface area contributed by atoms with Crippen molar-refractivity contribution in [2.75, 3.05) is 11.9 Å². The summed E-state index contributed by atoms with van der Waals surface area (Å²) in [7, 11) is 0. The summed E-state index contributed by atoms with van der Waals surface area (Å²) in [5.41, 5.74) is 2.97. The number of cyclic esters (lactones) is 1. The Morgan fingerprint density at radius 1 is 1.00 bits per heavy atom. The first kappa shape index (κ1) is 19.2. The van der Waals surface area contributed by atoms with Gasteiger partial charge in [0.25, 0.3) is 0 Å². The number of unbranched alkanes of at least 4 members (excludes halogenated alkanes) is 2. The van der Waals surface area contributed by atoms with Crippen molar-refractivity contribution in [3.63, 3.8) is 0 Å². The fraction of sp³-hybridized carbons (Fsp3) is 0.391. The normalized spacial score (nSPS) is 18.5. The molecule has 0 spiro atoms. The number of carbonyl (C=O) groups is 2. The molecular formula is C23H27NO3. The molecule has 142 valence electrons. The van der Waals surface area contributed by atoms with Crippen molar-refractivity contribution >= 4 is 17.4 Å². The van der Waals surface area contributed by atoms with Crippen LogP contribution in [0.1, 0.15) is 48.5 Å². The van der Waals surface area contributed by atoms with Crippen molar-refractivity contribution in [1.29, 1.82) is 0 Å². The Kier molecular flexibility index (Phi) is 6.64. The van der Waals surface area contributed by atoms with E-state index in [9.17, 15) is 9.59 Å². The fourth-order valence-electron chi connectivity index (χ4n) is 3.44. The number of carbonyl (C=O) groups excluding carboxylic acids is 2. The Bertz CT molecular complexity index is 755. The molecule has 0 unspecified atom stereocenters. The molecule has 1 aliphatic heterocycles. The van der Waals surface area contributed by atoms with Crippen LogP contribution in [0, 0.1) is 5.92 Å². The molecule has 1 N–H and O–H groups in total. The van der Waals surface area contributed by atoms with E-state index >= 15 is 0 Å². The summed E-state index contributed by atoms with van der Waals surface area (Å²) in [5.74, 6) is 0.0497. The summed E-state index contributed by atoms with van der Waals surface area (Å²) in [5, 5.41) is 3.38. The number of nitrogens with one attached hydrogen (secondary N) is 1. The third-order valence-electron chi connectivity index (χ3n) is 5.10. The number of hydrogen-bond donors (Lipinski definition) is 1. The first-order valence-corrected chi connectivity index (χ1v) is 9.73. The van der Waals surface area contributed by atoms with E-state index in [1.54, 1.807) is 6.92 Å². The molecule has 0 radical (unpaired) electrons. The van der Waals surface area contributed by atoms with Gasteiger partial charge in [0.2, 0.25) is 0 Å². The van der Waals surface area contributed by atoms with Crippen LogP contribution in [0.3, 0.4) is 0 Å². The van der Waals surface area contributed by atoms with Gasteiger partial charge in [-0.3, -0.25) is 9.59 Å². The van der Waals surface area contributed by atoms with Crippen molar-refractivity contribution in [3.05, 3.63) is 65.7 Å². The largest absolute Gasteiger partial charge is 0.461 e. The smallest absolute Gasteiger partial charge is 0.313 e. The number of esters is 1. The van der Waals surface area contributed by atoms with Gasteiger partial charge < -0.3 is 10.1 Å². The van der Waals surface area contributed by atoms with Crippen LogP contribution in [0.25, 0.3) is 0 Å². The van der Waals surface area contributed by atoms with E-state index in [-0.39, 0.29) is 23.8 Å². The van der Waals surface area contributed by atoms with E-state index in [1.165, 1.54) is 5.56 Å². The van der Waals surface area contributed by atoms with Gasteiger partial charge in [-0.1, -0.05) is 36.8 Å². The van der Waals surface area contributed by atoms with E-state index in [0.717, 1.165) is 49.9 Å². The Balaban J connectivity index is 1.31. The molecule has 0 bridgehead atoms. The predicted molar refractivity (Wildman–Crippen MR) is 107 cm³/mol. The van der Waals surface area contributed by atoms with Gasteiger partial charge in [-0.05, 0) is 62.4 Å². The van der Waals surface area contributed by atoms with Crippen LogP contribution in [0.4, 0.5) is 5.69 Å². The molecule has 0 aliphatic carbocycles. The zero-order valence-electron chi connectivity index (χ0n) is 15.8. The van der Waals surface area contributed by atoms with Crippen molar-refractivity contribution in [3.8, 4) is 0 Å². The summed E-state index contributed by atoms with van der Waals surface area (Å²) in [6, 6.07) is 17.7. The molecule has 0 saturated carbocycles. The summed E-state index contributed by atoms with van der Waals surface area (Å²) in [6.45, 7) is 2.48. The second-order valence-corrected chi connectivity index (χ2v) is 7.18. The lowest BCUT2D eigenvalue weighted by molar-refractivity contribution is -0.185. The van der Waals surface area contributed by atoms with Crippen LogP contribution < -0.4 is 5.32 Å². The standard InChI is InChI=1S/C23H27NO3/c1-17(25)19-11-13-20(14-12-19)24-15-7-3-6-10-22-21(23(26)27-22)16-18-8-4-2-5-9-18/h2,4-5,8-9,11-14,21-22,24H,3,6-7,10,15-16H2,1H3/t21-,22-/m0/s1. The van der Waals surface area contributed by atoms with Gasteiger partial charge in [-0.15, -0.1) is 0 Å². The zero-order valence-corrected chi connectivity index (χ0v) is 15.8. The minimum atomic E-state index is -0.0560. The molecule has 0 amide bonds. The van der Waals surface area contributed by atoms with Crippen LogP contribution in [0.5, 0.6) is 0 Å². The summed E-state index contributed by atoms with van der Waals surface area (Å²) >= 11 is 0. The third kappa shape index (κ3) is 5.43. The van der Waals surface area contributed by atoms with E-state index in [1.807, 2.05) is 42.5 Å².